The number of aromatic hydroxyl groups is 1. The van der Waals surface area contributed by atoms with Crippen LogP contribution in [0.2, 0.25) is 0 Å². The summed E-state index contributed by atoms with van der Waals surface area (Å²) in [7, 11) is 0. The predicted octanol–water partition coefficient (Wildman–Crippen LogP) is 3.26. The van der Waals surface area contributed by atoms with Gasteiger partial charge in [0.1, 0.15) is 5.75 Å². The molecule has 1 aromatic rings. The lowest BCUT2D eigenvalue weighted by atomic mass is 10.1. The molecule has 2 N–H and O–H groups in total. The first kappa shape index (κ1) is 13.4. The average Bonchev–Trinajstić information content (AvgIpc) is 2.20. The van der Waals surface area contributed by atoms with Crippen LogP contribution in [0.15, 0.2) is 17.0 Å². The normalized spacial score (nSPS) is 12.8. The van der Waals surface area contributed by atoms with E-state index in [4.69, 9.17) is 5.11 Å². The van der Waals surface area contributed by atoms with Crippen molar-refractivity contribution in [2.75, 3.05) is 5.75 Å². The summed E-state index contributed by atoms with van der Waals surface area (Å²) in [5.74, 6) is 1.41. The highest BCUT2D eigenvalue weighted by Gasteiger charge is 2.04. The molecule has 0 amide bonds. The van der Waals surface area contributed by atoms with E-state index in [-0.39, 0.29) is 6.10 Å². The molecule has 0 radical (unpaired) electrons. The van der Waals surface area contributed by atoms with Gasteiger partial charge in [0.25, 0.3) is 0 Å². The lowest BCUT2D eigenvalue weighted by Gasteiger charge is -2.08. The van der Waals surface area contributed by atoms with E-state index in [1.165, 1.54) is 4.90 Å². The van der Waals surface area contributed by atoms with Gasteiger partial charge in [-0.1, -0.05) is 0 Å². The number of rotatable bonds is 5. The zero-order valence-corrected chi connectivity index (χ0v) is 11.0. The molecular weight excluding hydrogens is 220 g/mol. The molecule has 0 aromatic heterocycles. The van der Waals surface area contributed by atoms with Gasteiger partial charge in [-0.05, 0) is 62.6 Å². The van der Waals surface area contributed by atoms with Gasteiger partial charge in [-0.25, -0.2) is 0 Å². The smallest absolute Gasteiger partial charge is 0.121 e. The molecule has 0 heterocycles. The summed E-state index contributed by atoms with van der Waals surface area (Å²) >= 11 is 1.78. The Balaban J connectivity index is 2.49. The fourth-order valence-electron chi connectivity index (χ4n) is 1.57. The second-order valence-electron chi connectivity index (χ2n) is 4.25. The summed E-state index contributed by atoms with van der Waals surface area (Å²) in [6, 6.07) is 4.02. The zero-order valence-electron chi connectivity index (χ0n) is 10.2. The number of benzene rings is 1. The number of aliphatic hydroxyl groups is 1. The van der Waals surface area contributed by atoms with E-state index >= 15 is 0 Å². The molecule has 0 spiro atoms. The van der Waals surface area contributed by atoms with Crippen LogP contribution in [0.5, 0.6) is 5.75 Å². The predicted molar refractivity (Wildman–Crippen MR) is 69.2 cm³/mol. The summed E-state index contributed by atoms with van der Waals surface area (Å²) in [6.45, 7) is 5.66. The van der Waals surface area contributed by atoms with Crippen molar-refractivity contribution in [3.63, 3.8) is 0 Å². The van der Waals surface area contributed by atoms with Crippen LogP contribution in [-0.2, 0) is 0 Å². The highest BCUT2D eigenvalue weighted by atomic mass is 32.2. The molecule has 1 aromatic carbocycles. The first-order valence-electron chi connectivity index (χ1n) is 5.61. The minimum atomic E-state index is -0.205. The first-order valence-corrected chi connectivity index (χ1v) is 6.60. The van der Waals surface area contributed by atoms with Gasteiger partial charge in [0.05, 0.1) is 6.10 Å². The fraction of sp³-hybridized carbons (Fsp3) is 0.538. The molecule has 0 aliphatic heterocycles. The van der Waals surface area contributed by atoms with Gasteiger partial charge in [0.15, 0.2) is 0 Å². The van der Waals surface area contributed by atoms with Crippen molar-refractivity contribution in [3.05, 3.63) is 23.3 Å². The maximum atomic E-state index is 9.63. The minimum absolute atomic E-state index is 0.205. The molecule has 2 nitrogen and oxygen atoms in total. The second-order valence-corrected chi connectivity index (χ2v) is 5.41. The monoisotopic (exact) mass is 240 g/mol. The van der Waals surface area contributed by atoms with E-state index < -0.39 is 0 Å². The second kappa shape index (κ2) is 6.16. The van der Waals surface area contributed by atoms with Gasteiger partial charge >= 0.3 is 0 Å². The summed E-state index contributed by atoms with van der Waals surface area (Å²) in [5, 5.41) is 18.8. The third-order valence-corrected chi connectivity index (χ3v) is 3.56. The highest BCUT2D eigenvalue weighted by molar-refractivity contribution is 7.99. The molecule has 0 bridgehead atoms. The van der Waals surface area contributed by atoms with Crippen molar-refractivity contribution in [1.82, 2.24) is 0 Å². The number of phenols is 1. The number of thioether (sulfide) groups is 1. The van der Waals surface area contributed by atoms with E-state index in [1.807, 2.05) is 32.9 Å². The summed E-state index contributed by atoms with van der Waals surface area (Å²) < 4.78 is 0. The first-order chi connectivity index (χ1) is 7.50. The molecule has 90 valence electrons. The van der Waals surface area contributed by atoms with Crippen LogP contribution < -0.4 is 0 Å². The average molecular weight is 240 g/mol. The van der Waals surface area contributed by atoms with Crippen LogP contribution in [0, 0.1) is 13.8 Å². The molecule has 0 saturated heterocycles. The number of aryl methyl sites for hydroxylation is 2. The molecule has 0 aliphatic carbocycles. The van der Waals surface area contributed by atoms with Crippen molar-refractivity contribution < 1.29 is 10.2 Å². The van der Waals surface area contributed by atoms with E-state index in [9.17, 15) is 5.11 Å². The van der Waals surface area contributed by atoms with Crippen molar-refractivity contribution >= 4 is 11.8 Å². The molecule has 16 heavy (non-hydrogen) atoms. The molecule has 1 atom stereocenters. The molecular formula is C13H20O2S. The Morgan fingerprint density at radius 2 is 1.81 bits per heavy atom. The lowest BCUT2D eigenvalue weighted by molar-refractivity contribution is 0.184. The number of hydrogen-bond acceptors (Lipinski definition) is 3. The van der Waals surface area contributed by atoms with Gasteiger partial charge in [-0.15, -0.1) is 11.8 Å². The van der Waals surface area contributed by atoms with Crippen molar-refractivity contribution in [1.29, 1.82) is 0 Å². The number of aliphatic hydroxyl groups excluding tert-OH is 1. The topological polar surface area (TPSA) is 40.5 Å². The maximum Gasteiger partial charge on any atom is 0.121 e. The Kier molecular flexibility index (Phi) is 5.16. The van der Waals surface area contributed by atoms with Crippen LogP contribution in [0.3, 0.4) is 0 Å². The quantitative estimate of drug-likeness (QED) is 0.613. The summed E-state index contributed by atoms with van der Waals surface area (Å²) in [5.41, 5.74) is 1.86. The number of phenolic OH excluding ortho intramolecular Hbond substituents is 1. The summed E-state index contributed by atoms with van der Waals surface area (Å²) in [6.07, 6.45) is 1.66. The van der Waals surface area contributed by atoms with Crippen LogP contribution in [-0.4, -0.2) is 22.1 Å². The zero-order chi connectivity index (χ0) is 12.1. The van der Waals surface area contributed by atoms with Crippen molar-refractivity contribution in [2.24, 2.45) is 0 Å². The molecule has 0 saturated carbocycles. The van der Waals surface area contributed by atoms with Crippen LogP contribution in [0.4, 0.5) is 0 Å². The maximum absolute atomic E-state index is 9.63. The lowest BCUT2D eigenvalue weighted by Crippen LogP contribution is -1.99. The van der Waals surface area contributed by atoms with Gasteiger partial charge < -0.3 is 10.2 Å². The molecule has 1 unspecified atom stereocenters. The minimum Gasteiger partial charge on any atom is -0.507 e. The van der Waals surface area contributed by atoms with Gasteiger partial charge in [-0.3, -0.25) is 0 Å². The highest BCUT2D eigenvalue weighted by Crippen LogP contribution is 2.29. The largest absolute Gasteiger partial charge is 0.507 e. The Bertz CT molecular complexity index is 325. The van der Waals surface area contributed by atoms with Crippen molar-refractivity contribution in [3.8, 4) is 5.75 Å². The molecule has 0 aliphatic rings. The Morgan fingerprint density at radius 1 is 1.25 bits per heavy atom. The van der Waals surface area contributed by atoms with Gasteiger partial charge in [0.2, 0.25) is 0 Å². The van der Waals surface area contributed by atoms with Crippen LogP contribution in [0.1, 0.15) is 30.9 Å². The molecule has 1 rings (SSSR count). The van der Waals surface area contributed by atoms with E-state index in [0.29, 0.717) is 5.75 Å². The SMILES string of the molecule is Cc1cc(SCCCC(C)O)cc(C)c1O. The van der Waals surface area contributed by atoms with E-state index in [2.05, 4.69) is 0 Å². The Morgan fingerprint density at radius 3 is 2.31 bits per heavy atom. The molecule has 0 fully saturated rings. The van der Waals surface area contributed by atoms with Gasteiger partial charge in [-0.2, -0.15) is 0 Å². The summed E-state index contributed by atoms with van der Waals surface area (Å²) in [4.78, 5) is 1.19. The van der Waals surface area contributed by atoms with Crippen LogP contribution >= 0.6 is 11.8 Å². The Labute approximate surface area is 102 Å². The fourth-order valence-corrected chi connectivity index (χ4v) is 2.64. The van der Waals surface area contributed by atoms with E-state index in [0.717, 1.165) is 29.7 Å². The number of hydrogen-bond donors (Lipinski definition) is 2. The van der Waals surface area contributed by atoms with E-state index in [1.54, 1.807) is 11.8 Å². The molecule has 3 heteroatoms. The Hall–Kier alpha value is -0.670. The third kappa shape index (κ3) is 4.06. The third-order valence-electron chi connectivity index (χ3n) is 2.50. The van der Waals surface area contributed by atoms with Gasteiger partial charge in [0, 0.05) is 4.90 Å². The van der Waals surface area contributed by atoms with Crippen molar-refractivity contribution in [2.45, 2.75) is 44.6 Å². The standard InChI is InChI=1S/C13H20O2S/c1-9-7-12(8-10(2)13(9)15)16-6-4-5-11(3)14/h7-8,11,14-15H,4-6H2,1-3H3. The van der Waals surface area contributed by atoms with Crippen LogP contribution in [0.25, 0.3) is 0 Å².